The fraction of sp³-hybridized carbons (Fsp3) is 0.229. The van der Waals surface area contributed by atoms with Gasteiger partial charge in [0.15, 0.2) is 23.1 Å². The average molecular weight is 731 g/mol. The first kappa shape index (κ1) is 36.9. The summed E-state index contributed by atoms with van der Waals surface area (Å²) >= 11 is 0. The van der Waals surface area contributed by atoms with Crippen LogP contribution in [0.1, 0.15) is 42.3 Å². The van der Waals surface area contributed by atoms with Crippen molar-refractivity contribution in [1.29, 1.82) is 0 Å². The van der Waals surface area contributed by atoms with Gasteiger partial charge in [-0.15, -0.1) is 10.1 Å². The van der Waals surface area contributed by atoms with Crippen molar-refractivity contribution in [3.8, 4) is 34.8 Å². The number of sulfonamides is 1. The van der Waals surface area contributed by atoms with E-state index in [2.05, 4.69) is 29.5 Å². The zero-order valence-corrected chi connectivity index (χ0v) is 29.3. The molecule has 1 N–H and O–H groups in total. The van der Waals surface area contributed by atoms with Crippen LogP contribution >= 0.6 is 0 Å². The van der Waals surface area contributed by atoms with Gasteiger partial charge in [0, 0.05) is 12.4 Å². The van der Waals surface area contributed by atoms with Crippen LogP contribution in [0.25, 0.3) is 11.6 Å². The molecule has 2 heterocycles. The molecule has 0 aliphatic rings. The Morgan fingerprint density at radius 1 is 0.865 bits per heavy atom. The molecule has 3 aromatic carbocycles. The summed E-state index contributed by atoms with van der Waals surface area (Å²) in [4.78, 5) is 45.2. The second kappa shape index (κ2) is 16.1. The van der Waals surface area contributed by atoms with Gasteiger partial charge >= 0.3 is 5.97 Å². The number of rotatable bonds is 15. The predicted molar refractivity (Wildman–Crippen MR) is 186 cm³/mol. The number of hydrogen-bond acceptors (Lipinski definition) is 14. The van der Waals surface area contributed by atoms with Crippen LogP contribution < -0.4 is 18.9 Å². The maximum Gasteiger partial charge on any atom is 0.338 e. The van der Waals surface area contributed by atoms with Gasteiger partial charge in [0.1, 0.15) is 19.8 Å². The number of anilines is 1. The number of carbonyl (C=O) groups excluding carboxylic acids is 1. The molecule has 52 heavy (non-hydrogen) atoms. The van der Waals surface area contributed by atoms with Gasteiger partial charge in [-0.2, -0.15) is 4.98 Å². The fourth-order valence-electron chi connectivity index (χ4n) is 4.65. The second-order valence-corrected chi connectivity index (χ2v) is 13.6. The smallest absolute Gasteiger partial charge is 0.338 e. The van der Waals surface area contributed by atoms with Crippen LogP contribution in [0.2, 0.25) is 0 Å². The number of hydrogen-bond donors (Lipinski definition) is 1. The van der Waals surface area contributed by atoms with Gasteiger partial charge in [0.05, 0.1) is 17.6 Å². The van der Waals surface area contributed by atoms with Gasteiger partial charge in [-0.25, -0.2) is 28.2 Å². The SMILES string of the molecule is COc1ccccc1Oc1c(NS(=O)(=O)c2ccc(C(C)(C)C)cc2)nc(-c2ncccn2)nc1OCCOC(=O)c1ccccc1CO[N+](=O)[O-]. The van der Waals surface area contributed by atoms with Crippen molar-refractivity contribution in [2.45, 2.75) is 37.7 Å². The van der Waals surface area contributed by atoms with Crippen molar-refractivity contribution in [2.24, 2.45) is 0 Å². The van der Waals surface area contributed by atoms with Gasteiger partial charge in [-0.3, -0.25) is 4.72 Å². The Hall–Kier alpha value is -6.36. The number of ether oxygens (including phenoxy) is 4. The Labute approximate surface area is 298 Å². The molecule has 5 aromatic rings. The Morgan fingerprint density at radius 2 is 1.54 bits per heavy atom. The van der Waals surface area contributed by atoms with E-state index in [4.69, 9.17) is 18.9 Å². The zero-order chi connectivity index (χ0) is 37.3. The van der Waals surface area contributed by atoms with Crippen LogP contribution in [0.4, 0.5) is 5.82 Å². The number of aromatic nitrogens is 4. The molecule has 0 aliphatic heterocycles. The molecule has 0 aliphatic carbocycles. The van der Waals surface area contributed by atoms with E-state index < -0.39 is 27.7 Å². The summed E-state index contributed by atoms with van der Waals surface area (Å²) in [5, 5.41) is 9.72. The number of methoxy groups -OCH3 is 1. The quantitative estimate of drug-likeness (QED) is 0.0587. The van der Waals surface area contributed by atoms with Crippen LogP contribution in [0, 0.1) is 10.1 Å². The van der Waals surface area contributed by atoms with Crippen LogP contribution in [0.3, 0.4) is 0 Å². The summed E-state index contributed by atoms with van der Waals surface area (Å²) in [6.45, 7) is 4.97. The number of para-hydroxylation sites is 2. The monoisotopic (exact) mass is 730 g/mol. The first-order valence-corrected chi connectivity index (χ1v) is 17.1. The highest BCUT2D eigenvalue weighted by molar-refractivity contribution is 7.92. The van der Waals surface area contributed by atoms with E-state index in [1.165, 1.54) is 43.8 Å². The number of esters is 1. The van der Waals surface area contributed by atoms with E-state index >= 15 is 0 Å². The molecule has 0 radical (unpaired) electrons. The minimum atomic E-state index is -4.27. The lowest BCUT2D eigenvalue weighted by molar-refractivity contribution is -0.763. The average Bonchev–Trinajstić information content (AvgIpc) is 3.13. The molecule has 0 bridgehead atoms. The van der Waals surface area contributed by atoms with Crippen molar-refractivity contribution in [1.82, 2.24) is 19.9 Å². The van der Waals surface area contributed by atoms with E-state index in [-0.39, 0.29) is 69.5 Å². The van der Waals surface area contributed by atoms with E-state index in [9.17, 15) is 23.3 Å². The van der Waals surface area contributed by atoms with Crippen LogP contribution in [-0.4, -0.2) is 59.7 Å². The third-order valence-electron chi connectivity index (χ3n) is 7.26. The first-order chi connectivity index (χ1) is 24.9. The van der Waals surface area contributed by atoms with Crippen molar-refractivity contribution in [2.75, 3.05) is 25.0 Å². The molecular formula is C35H34N6O10S. The summed E-state index contributed by atoms with van der Waals surface area (Å²) in [6, 6.07) is 20.7. The second-order valence-electron chi connectivity index (χ2n) is 11.9. The highest BCUT2D eigenvalue weighted by atomic mass is 32.2. The van der Waals surface area contributed by atoms with Gasteiger partial charge in [0.25, 0.3) is 21.0 Å². The summed E-state index contributed by atoms with van der Waals surface area (Å²) in [7, 11) is -2.84. The standard InChI is InChI=1S/C35H34N6O10S/c1-35(2,3)24-14-16-25(17-15-24)52(45,46)40-30-29(51-28-13-8-7-12-27(28)47-4)33(39-32(38-30)31-36-18-9-19-37-31)48-20-21-49-34(42)26-11-6-5-10-23(26)22-50-41(43)44/h5-19H,20-22H2,1-4H3,(H,38,39,40). The lowest BCUT2D eigenvalue weighted by Crippen LogP contribution is -2.18. The minimum Gasteiger partial charge on any atom is -0.493 e. The van der Waals surface area contributed by atoms with Crippen molar-refractivity contribution in [3.05, 3.63) is 118 Å². The predicted octanol–water partition coefficient (Wildman–Crippen LogP) is 5.78. The molecule has 17 heteroatoms. The van der Waals surface area contributed by atoms with Gasteiger partial charge < -0.3 is 23.8 Å². The Morgan fingerprint density at radius 3 is 2.21 bits per heavy atom. The number of benzene rings is 3. The summed E-state index contributed by atoms with van der Waals surface area (Å²) in [5.41, 5.74) is 1.02. The van der Waals surface area contributed by atoms with Gasteiger partial charge in [-0.05, 0) is 52.9 Å². The summed E-state index contributed by atoms with van der Waals surface area (Å²) < 4.78 is 53.1. The summed E-state index contributed by atoms with van der Waals surface area (Å²) in [5.74, 6) is -1.17. The van der Waals surface area contributed by atoms with Gasteiger partial charge in [0.2, 0.25) is 11.6 Å². The minimum absolute atomic E-state index is 0.0434. The van der Waals surface area contributed by atoms with E-state index in [1.54, 1.807) is 54.6 Å². The normalized spacial score (nSPS) is 11.3. The molecule has 0 atom stereocenters. The third kappa shape index (κ3) is 9.25. The maximum atomic E-state index is 13.8. The lowest BCUT2D eigenvalue weighted by atomic mass is 9.87. The Kier molecular flexibility index (Phi) is 11.4. The van der Waals surface area contributed by atoms with Gasteiger partial charge in [-0.1, -0.05) is 63.2 Å². The van der Waals surface area contributed by atoms with Crippen molar-refractivity contribution < 1.29 is 42.1 Å². The molecule has 0 saturated heterocycles. The van der Waals surface area contributed by atoms with Crippen molar-refractivity contribution in [3.63, 3.8) is 0 Å². The molecule has 0 fully saturated rings. The van der Waals surface area contributed by atoms with Crippen LogP contribution in [0.5, 0.6) is 23.1 Å². The topological polar surface area (TPSA) is 204 Å². The molecule has 0 amide bonds. The largest absolute Gasteiger partial charge is 0.493 e. The fourth-order valence-corrected chi connectivity index (χ4v) is 5.66. The molecule has 0 saturated carbocycles. The lowest BCUT2D eigenvalue weighted by Gasteiger charge is -2.20. The van der Waals surface area contributed by atoms with Crippen LogP contribution in [0.15, 0.2) is 96.2 Å². The molecule has 5 rings (SSSR count). The molecule has 0 unspecified atom stereocenters. The van der Waals surface area contributed by atoms with E-state index in [0.29, 0.717) is 5.75 Å². The third-order valence-corrected chi connectivity index (χ3v) is 8.62. The van der Waals surface area contributed by atoms with Crippen LogP contribution in [-0.2, 0) is 31.6 Å². The Bertz CT molecular complexity index is 2140. The summed E-state index contributed by atoms with van der Waals surface area (Å²) in [6.07, 6.45) is 2.92. The zero-order valence-electron chi connectivity index (χ0n) is 28.5. The molecule has 0 spiro atoms. The first-order valence-electron chi connectivity index (χ1n) is 15.6. The number of nitrogens with zero attached hydrogens (tertiary/aromatic N) is 5. The number of carbonyl (C=O) groups is 1. The van der Waals surface area contributed by atoms with E-state index in [0.717, 1.165) is 5.56 Å². The molecule has 2 aromatic heterocycles. The number of nitrogens with one attached hydrogen (secondary N) is 1. The Balaban J connectivity index is 1.50. The maximum absolute atomic E-state index is 13.8. The molecule has 270 valence electrons. The van der Waals surface area contributed by atoms with E-state index in [1.807, 2.05) is 20.8 Å². The highest BCUT2D eigenvalue weighted by Crippen LogP contribution is 2.41. The highest BCUT2D eigenvalue weighted by Gasteiger charge is 2.27. The van der Waals surface area contributed by atoms with Crippen molar-refractivity contribution >= 4 is 21.8 Å². The molecular weight excluding hydrogens is 696 g/mol. The molecule has 16 nitrogen and oxygen atoms in total.